The van der Waals surface area contributed by atoms with E-state index < -0.39 is 0 Å². The van der Waals surface area contributed by atoms with Crippen LogP contribution in [0.15, 0.2) is 33.8 Å². The highest BCUT2D eigenvalue weighted by atomic mass is 35.5. The maximum absolute atomic E-state index is 5.89. The van der Waals surface area contributed by atoms with Gasteiger partial charge in [-0.1, -0.05) is 23.4 Å². The van der Waals surface area contributed by atoms with Crippen molar-refractivity contribution in [2.45, 2.75) is 43.1 Å². The standard InChI is InChI=1S/C16H16ClN5OS/c1-2-22-14(10-3-4-10)19-21-16(22)24-9-13-18-20-15(23-13)11-5-7-12(17)8-6-11/h5-8,10H,2-4,9H2,1H3. The minimum Gasteiger partial charge on any atom is -0.420 e. The molecule has 1 aliphatic rings. The van der Waals surface area contributed by atoms with Crippen LogP contribution in [-0.4, -0.2) is 25.0 Å². The van der Waals surface area contributed by atoms with Crippen LogP contribution in [0.4, 0.5) is 0 Å². The average Bonchev–Trinajstić information content (AvgIpc) is 3.19. The highest BCUT2D eigenvalue weighted by Gasteiger charge is 2.30. The van der Waals surface area contributed by atoms with Gasteiger partial charge in [-0.2, -0.15) is 0 Å². The van der Waals surface area contributed by atoms with Crippen molar-refractivity contribution in [3.8, 4) is 11.5 Å². The number of halogens is 1. The smallest absolute Gasteiger partial charge is 0.247 e. The molecule has 8 heteroatoms. The fourth-order valence-corrected chi connectivity index (χ4v) is 3.47. The second kappa shape index (κ2) is 6.57. The Bertz CT molecular complexity index is 841. The molecule has 0 radical (unpaired) electrons. The second-order valence-corrected chi connectivity index (χ2v) is 7.03. The summed E-state index contributed by atoms with van der Waals surface area (Å²) in [6.45, 7) is 2.99. The zero-order valence-corrected chi connectivity index (χ0v) is 14.7. The summed E-state index contributed by atoms with van der Waals surface area (Å²) in [5, 5.41) is 18.4. The van der Waals surface area contributed by atoms with Crippen molar-refractivity contribution in [2.24, 2.45) is 0 Å². The number of hydrogen-bond acceptors (Lipinski definition) is 6. The molecule has 0 saturated heterocycles. The maximum Gasteiger partial charge on any atom is 0.247 e. The monoisotopic (exact) mass is 361 g/mol. The lowest BCUT2D eigenvalue weighted by molar-refractivity contribution is 0.528. The van der Waals surface area contributed by atoms with Crippen LogP contribution in [0.25, 0.3) is 11.5 Å². The molecule has 1 aromatic carbocycles. The van der Waals surface area contributed by atoms with E-state index in [2.05, 4.69) is 31.9 Å². The van der Waals surface area contributed by atoms with Crippen LogP contribution >= 0.6 is 23.4 Å². The molecule has 0 amide bonds. The Morgan fingerprint density at radius 2 is 1.96 bits per heavy atom. The predicted octanol–water partition coefficient (Wildman–Crippen LogP) is 4.17. The van der Waals surface area contributed by atoms with Gasteiger partial charge in [0, 0.05) is 23.0 Å². The topological polar surface area (TPSA) is 69.6 Å². The third-order valence-corrected chi connectivity index (χ3v) is 5.09. The summed E-state index contributed by atoms with van der Waals surface area (Å²) in [7, 11) is 0. The van der Waals surface area contributed by atoms with Crippen molar-refractivity contribution in [1.82, 2.24) is 25.0 Å². The maximum atomic E-state index is 5.89. The quantitative estimate of drug-likeness (QED) is 0.613. The molecule has 4 rings (SSSR count). The number of rotatable bonds is 6. The lowest BCUT2D eigenvalue weighted by Gasteiger charge is -2.05. The number of aromatic nitrogens is 5. The van der Waals surface area contributed by atoms with Crippen LogP contribution < -0.4 is 0 Å². The Morgan fingerprint density at radius 3 is 2.67 bits per heavy atom. The Hall–Kier alpha value is -1.86. The fourth-order valence-electron chi connectivity index (χ4n) is 2.49. The molecule has 124 valence electrons. The summed E-state index contributed by atoms with van der Waals surface area (Å²) in [5.41, 5.74) is 0.857. The number of nitrogens with zero attached hydrogens (tertiary/aromatic N) is 5. The molecule has 2 heterocycles. The van der Waals surface area contributed by atoms with Crippen molar-refractivity contribution in [3.63, 3.8) is 0 Å². The van der Waals surface area contributed by atoms with Crippen molar-refractivity contribution in [2.75, 3.05) is 0 Å². The van der Waals surface area contributed by atoms with Crippen LogP contribution in [-0.2, 0) is 12.3 Å². The molecule has 1 aliphatic carbocycles. The molecule has 0 unspecified atom stereocenters. The molecule has 2 aromatic heterocycles. The van der Waals surface area contributed by atoms with Crippen LogP contribution in [0, 0.1) is 0 Å². The highest BCUT2D eigenvalue weighted by Crippen LogP contribution is 2.40. The second-order valence-electron chi connectivity index (χ2n) is 5.66. The summed E-state index contributed by atoms with van der Waals surface area (Å²) in [4.78, 5) is 0. The lowest BCUT2D eigenvalue weighted by Crippen LogP contribution is -2.02. The minimum absolute atomic E-state index is 0.498. The van der Waals surface area contributed by atoms with E-state index in [4.69, 9.17) is 16.0 Å². The van der Waals surface area contributed by atoms with Gasteiger partial charge in [0.05, 0.1) is 5.75 Å². The number of benzene rings is 1. The summed E-state index contributed by atoms with van der Waals surface area (Å²) >= 11 is 7.47. The van der Waals surface area contributed by atoms with Crippen LogP contribution in [0.5, 0.6) is 0 Å². The molecule has 3 aromatic rings. The van der Waals surface area contributed by atoms with E-state index >= 15 is 0 Å². The molecular weight excluding hydrogens is 346 g/mol. The van der Waals surface area contributed by atoms with E-state index in [0.29, 0.717) is 28.5 Å². The summed E-state index contributed by atoms with van der Waals surface area (Å²) in [6, 6.07) is 7.34. The molecule has 0 bridgehead atoms. The van der Waals surface area contributed by atoms with Crippen molar-refractivity contribution in [3.05, 3.63) is 41.0 Å². The lowest BCUT2D eigenvalue weighted by atomic mass is 10.2. The van der Waals surface area contributed by atoms with Gasteiger partial charge in [0.15, 0.2) is 5.16 Å². The zero-order chi connectivity index (χ0) is 16.5. The van der Waals surface area contributed by atoms with Gasteiger partial charge in [0.25, 0.3) is 0 Å². The van der Waals surface area contributed by atoms with E-state index in [1.165, 1.54) is 12.8 Å². The molecule has 6 nitrogen and oxygen atoms in total. The Balaban J connectivity index is 1.46. The van der Waals surface area contributed by atoms with E-state index in [-0.39, 0.29) is 0 Å². The van der Waals surface area contributed by atoms with Crippen molar-refractivity contribution in [1.29, 1.82) is 0 Å². The van der Waals surface area contributed by atoms with E-state index in [0.717, 1.165) is 23.1 Å². The Morgan fingerprint density at radius 1 is 1.17 bits per heavy atom. The molecule has 1 saturated carbocycles. The SMILES string of the molecule is CCn1c(SCc2nnc(-c3ccc(Cl)cc3)o2)nnc1C1CC1. The van der Waals surface area contributed by atoms with E-state index in [1.807, 2.05) is 12.1 Å². The summed E-state index contributed by atoms with van der Waals surface area (Å²) in [6.07, 6.45) is 2.44. The van der Waals surface area contributed by atoms with Gasteiger partial charge < -0.3 is 8.98 Å². The first-order valence-electron chi connectivity index (χ1n) is 7.89. The van der Waals surface area contributed by atoms with Gasteiger partial charge >= 0.3 is 0 Å². The Kier molecular flexibility index (Phi) is 4.28. The van der Waals surface area contributed by atoms with Gasteiger partial charge in [0.1, 0.15) is 5.82 Å². The summed E-state index contributed by atoms with van der Waals surface area (Å²) < 4.78 is 7.91. The first-order chi connectivity index (χ1) is 11.7. The highest BCUT2D eigenvalue weighted by molar-refractivity contribution is 7.98. The van der Waals surface area contributed by atoms with Crippen LogP contribution in [0.1, 0.15) is 37.4 Å². The molecule has 1 fully saturated rings. The number of hydrogen-bond donors (Lipinski definition) is 0. The molecule has 0 spiro atoms. The molecular formula is C16H16ClN5OS. The molecule has 0 N–H and O–H groups in total. The van der Waals surface area contributed by atoms with Gasteiger partial charge in [-0.15, -0.1) is 20.4 Å². The Labute approximate surface area is 148 Å². The summed E-state index contributed by atoms with van der Waals surface area (Å²) in [5.74, 6) is 3.34. The molecule has 24 heavy (non-hydrogen) atoms. The van der Waals surface area contributed by atoms with E-state index in [1.54, 1.807) is 23.9 Å². The van der Waals surface area contributed by atoms with Crippen LogP contribution in [0.2, 0.25) is 5.02 Å². The fraction of sp³-hybridized carbons (Fsp3) is 0.375. The normalized spacial score (nSPS) is 14.2. The van der Waals surface area contributed by atoms with Gasteiger partial charge in [-0.05, 0) is 44.0 Å². The largest absolute Gasteiger partial charge is 0.420 e. The first kappa shape index (κ1) is 15.7. The van der Waals surface area contributed by atoms with E-state index in [9.17, 15) is 0 Å². The van der Waals surface area contributed by atoms with Crippen LogP contribution in [0.3, 0.4) is 0 Å². The zero-order valence-electron chi connectivity index (χ0n) is 13.1. The van der Waals surface area contributed by atoms with Crippen molar-refractivity contribution >= 4 is 23.4 Å². The molecule has 0 aliphatic heterocycles. The predicted molar refractivity (Wildman–Crippen MR) is 92.0 cm³/mol. The van der Waals surface area contributed by atoms with Gasteiger partial charge in [-0.25, -0.2) is 0 Å². The van der Waals surface area contributed by atoms with Gasteiger partial charge in [0.2, 0.25) is 11.8 Å². The van der Waals surface area contributed by atoms with Crippen molar-refractivity contribution < 1.29 is 4.42 Å². The average molecular weight is 362 g/mol. The number of thioether (sulfide) groups is 1. The minimum atomic E-state index is 0.498. The molecule has 0 atom stereocenters. The van der Waals surface area contributed by atoms with Gasteiger partial charge in [-0.3, -0.25) is 0 Å². The third-order valence-electron chi connectivity index (χ3n) is 3.89. The first-order valence-corrected chi connectivity index (χ1v) is 9.25. The third kappa shape index (κ3) is 3.18.